The van der Waals surface area contributed by atoms with Gasteiger partial charge in [-0.15, -0.1) is 0 Å². The lowest BCUT2D eigenvalue weighted by Gasteiger charge is -2.33. The number of hydrogen-bond acceptors (Lipinski definition) is 3. The summed E-state index contributed by atoms with van der Waals surface area (Å²) in [6, 6.07) is 8.09. The van der Waals surface area contributed by atoms with Crippen molar-refractivity contribution in [3.05, 3.63) is 36.7 Å². The molecule has 0 saturated carbocycles. The van der Waals surface area contributed by atoms with Crippen LogP contribution in [0.2, 0.25) is 0 Å². The lowest BCUT2D eigenvalue weighted by Crippen LogP contribution is -2.38. The number of hydrogen-bond donors (Lipinski definition) is 1. The van der Waals surface area contributed by atoms with Gasteiger partial charge in [-0.1, -0.05) is 12.1 Å². The van der Waals surface area contributed by atoms with E-state index in [1.807, 2.05) is 24.4 Å². The van der Waals surface area contributed by atoms with E-state index in [9.17, 15) is 9.90 Å². The molecule has 0 bridgehead atoms. The number of carbonyl (C=O) groups is 1. The molecule has 0 aliphatic carbocycles. The second-order valence-electron chi connectivity index (χ2n) is 5.00. The van der Waals surface area contributed by atoms with Gasteiger partial charge >= 0.3 is 5.97 Å². The van der Waals surface area contributed by atoms with Gasteiger partial charge in [0.2, 0.25) is 0 Å². The molecule has 1 aliphatic heterocycles. The van der Waals surface area contributed by atoms with Gasteiger partial charge in [0.25, 0.3) is 0 Å². The molecule has 4 nitrogen and oxygen atoms in total. The Morgan fingerprint density at radius 2 is 2.26 bits per heavy atom. The number of fused-ring (bicyclic) bond motifs is 1. The van der Waals surface area contributed by atoms with E-state index < -0.39 is 5.97 Å². The van der Waals surface area contributed by atoms with Crippen molar-refractivity contribution >= 4 is 22.4 Å². The van der Waals surface area contributed by atoms with Crippen molar-refractivity contribution in [2.24, 2.45) is 5.92 Å². The molecule has 0 radical (unpaired) electrons. The zero-order valence-electron chi connectivity index (χ0n) is 10.6. The molecule has 0 amide bonds. The van der Waals surface area contributed by atoms with Crippen LogP contribution in [0.25, 0.3) is 10.8 Å². The summed E-state index contributed by atoms with van der Waals surface area (Å²) in [4.78, 5) is 17.5. The average Bonchev–Trinajstić information content (AvgIpc) is 2.47. The molecule has 2 aromatic rings. The number of carboxylic acids is 1. The van der Waals surface area contributed by atoms with Gasteiger partial charge in [0.15, 0.2) is 0 Å². The molecule has 0 spiro atoms. The zero-order chi connectivity index (χ0) is 13.2. The molecule has 4 heteroatoms. The Morgan fingerprint density at radius 1 is 1.37 bits per heavy atom. The van der Waals surface area contributed by atoms with Crippen LogP contribution in [-0.4, -0.2) is 29.1 Å². The van der Waals surface area contributed by atoms with E-state index >= 15 is 0 Å². The van der Waals surface area contributed by atoms with Gasteiger partial charge in [-0.2, -0.15) is 0 Å². The third kappa shape index (κ3) is 2.26. The van der Waals surface area contributed by atoms with Gasteiger partial charge in [0, 0.05) is 41.9 Å². The fraction of sp³-hybridized carbons (Fsp3) is 0.333. The standard InChI is InChI=1S/C15H16N2O2/c18-15(19)12-4-2-8-17(10-12)14-5-1-3-11-9-16-7-6-13(11)14/h1,3,5-7,9,12H,2,4,8,10H2,(H,18,19). The van der Waals surface area contributed by atoms with Gasteiger partial charge in [0.05, 0.1) is 5.92 Å². The average molecular weight is 256 g/mol. The molecular weight excluding hydrogens is 240 g/mol. The topological polar surface area (TPSA) is 53.4 Å². The lowest BCUT2D eigenvalue weighted by molar-refractivity contribution is -0.141. The summed E-state index contributed by atoms with van der Waals surface area (Å²) < 4.78 is 0. The number of aromatic nitrogens is 1. The molecule has 1 unspecified atom stereocenters. The summed E-state index contributed by atoms with van der Waals surface area (Å²) in [7, 11) is 0. The van der Waals surface area contributed by atoms with Gasteiger partial charge in [-0.25, -0.2) is 0 Å². The maximum absolute atomic E-state index is 11.2. The van der Waals surface area contributed by atoms with Crippen molar-refractivity contribution < 1.29 is 9.90 Å². The predicted octanol–water partition coefficient (Wildman–Crippen LogP) is 2.54. The van der Waals surface area contributed by atoms with E-state index in [4.69, 9.17) is 0 Å². The summed E-state index contributed by atoms with van der Waals surface area (Å²) in [5, 5.41) is 11.4. The first kappa shape index (κ1) is 12.0. The summed E-state index contributed by atoms with van der Waals surface area (Å²) in [5.74, 6) is -0.947. The van der Waals surface area contributed by atoms with E-state index in [1.54, 1.807) is 6.20 Å². The second kappa shape index (κ2) is 4.88. The van der Waals surface area contributed by atoms with Crippen LogP contribution in [0, 0.1) is 5.92 Å². The molecule has 1 aromatic carbocycles. The molecule has 19 heavy (non-hydrogen) atoms. The van der Waals surface area contributed by atoms with Crippen LogP contribution in [0.3, 0.4) is 0 Å². The number of nitrogens with zero attached hydrogens (tertiary/aromatic N) is 2. The normalized spacial score (nSPS) is 19.6. The minimum absolute atomic E-state index is 0.258. The maximum Gasteiger partial charge on any atom is 0.308 e. The highest BCUT2D eigenvalue weighted by Gasteiger charge is 2.26. The van der Waals surface area contributed by atoms with Crippen LogP contribution in [0.1, 0.15) is 12.8 Å². The van der Waals surface area contributed by atoms with Crippen LogP contribution in [0.15, 0.2) is 36.7 Å². The minimum Gasteiger partial charge on any atom is -0.481 e. The summed E-state index contributed by atoms with van der Waals surface area (Å²) in [5.41, 5.74) is 1.12. The summed E-state index contributed by atoms with van der Waals surface area (Å²) >= 11 is 0. The Bertz CT molecular complexity index is 607. The number of pyridine rings is 1. The van der Waals surface area contributed by atoms with Crippen LogP contribution >= 0.6 is 0 Å². The van der Waals surface area contributed by atoms with Crippen molar-refractivity contribution in [3.63, 3.8) is 0 Å². The Balaban J connectivity index is 1.97. The maximum atomic E-state index is 11.2. The van der Waals surface area contributed by atoms with Crippen LogP contribution < -0.4 is 4.90 Å². The smallest absolute Gasteiger partial charge is 0.308 e. The monoisotopic (exact) mass is 256 g/mol. The molecule has 3 rings (SSSR count). The van der Waals surface area contributed by atoms with Crippen molar-refractivity contribution in [3.8, 4) is 0 Å². The number of aliphatic carboxylic acids is 1. The molecule has 1 aliphatic rings. The van der Waals surface area contributed by atoms with Gasteiger partial charge in [-0.05, 0) is 25.0 Å². The molecule has 1 saturated heterocycles. The Labute approximate surface area is 111 Å². The molecule has 1 aromatic heterocycles. The second-order valence-corrected chi connectivity index (χ2v) is 5.00. The first-order valence-corrected chi connectivity index (χ1v) is 6.56. The first-order chi connectivity index (χ1) is 9.25. The lowest BCUT2D eigenvalue weighted by atomic mass is 9.97. The van der Waals surface area contributed by atoms with E-state index in [0.717, 1.165) is 35.8 Å². The highest BCUT2D eigenvalue weighted by atomic mass is 16.4. The molecule has 98 valence electrons. The molecule has 1 N–H and O–H groups in total. The molecule has 2 heterocycles. The van der Waals surface area contributed by atoms with Crippen LogP contribution in [0.5, 0.6) is 0 Å². The first-order valence-electron chi connectivity index (χ1n) is 6.56. The highest BCUT2D eigenvalue weighted by Crippen LogP contribution is 2.29. The number of carboxylic acid groups (broad SMARTS) is 1. The number of piperidine rings is 1. The minimum atomic E-state index is -0.688. The third-order valence-corrected chi connectivity index (χ3v) is 3.77. The van der Waals surface area contributed by atoms with Gasteiger partial charge in [0.1, 0.15) is 0 Å². The summed E-state index contributed by atoms with van der Waals surface area (Å²) in [6.45, 7) is 1.52. The van der Waals surface area contributed by atoms with Crippen molar-refractivity contribution in [2.45, 2.75) is 12.8 Å². The Hall–Kier alpha value is -2.10. The SMILES string of the molecule is O=C(O)C1CCCN(c2cccc3cnccc23)C1. The quantitative estimate of drug-likeness (QED) is 0.897. The molecule has 1 fully saturated rings. The molecule has 1 atom stereocenters. The number of anilines is 1. The highest BCUT2D eigenvalue weighted by molar-refractivity contribution is 5.93. The fourth-order valence-electron chi connectivity index (χ4n) is 2.78. The fourth-order valence-corrected chi connectivity index (χ4v) is 2.78. The van der Waals surface area contributed by atoms with Crippen LogP contribution in [-0.2, 0) is 4.79 Å². The number of rotatable bonds is 2. The third-order valence-electron chi connectivity index (χ3n) is 3.77. The van der Waals surface area contributed by atoms with E-state index in [0.29, 0.717) is 6.54 Å². The van der Waals surface area contributed by atoms with E-state index in [-0.39, 0.29) is 5.92 Å². The number of benzene rings is 1. The predicted molar refractivity (Wildman–Crippen MR) is 74.3 cm³/mol. The van der Waals surface area contributed by atoms with Crippen LogP contribution in [0.4, 0.5) is 5.69 Å². The van der Waals surface area contributed by atoms with E-state index in [1.165, 1.54) is 0 Å². The zero-order valence-corrected chi connectivity index (χ0v) is 10.6. The Kier molecular flexibility index (Phi) is 3.07. The van der Waals surface area contributed by atoms with Gasteiger partial charge in [-0.3, -0.25) is 9.78 Å². The Morgan fingerprint density at radius 3 is 3.11 bits per heavy atom. The van der Waals surface area contributed by atoms with Crippen molar-refractivity contribution in [2.75, 3.05) is 18.0 Å². The molecular formula is C15H16N2O2. The van der Waals surface area contributed by atoms with Crippen molar-refractivity contribution in [1.29, 1.82) is 0 Å². The van der Waals surface area contributed by atoms with Crippen molar-refractivity contribution in [1.82, 2.24) is 4.98 Å². The summed E-state index contributed by atoms with van der Waals surface area (Å²) in [6.07, 6.45) is 5.33. The largest absolute Gasteiger partial charge is 0.481 e. The van der Waals surface area contributed by atoms with E-state index in [2.05, 4.69) is 16.0 Å². The van der Waals surface area contributed by atoms with Gasteiger partial charge < -0.3 is 10.0 Å².